The van der Waals surface area contributed by atoms with Crippen LogP contribution >= 0.6 is 11.6 Å². The van der Waals surface area contributed by atoms with Gasteiger partial charge < -0.3 is 4.98 Å². The number of H-pyrrole nitrogens is 2. The van der Waals surface area contributed by atoms with Crippen molar-refractivity contribution in [2.75, 3.05) is 5.32 Å². The highest BCUT2D eigenvalue weighted by Crippen LogP contribution is 2.25. The van der Waals surface area contributed by atoms with Crippen molar-refractivity contribution in [1.82, 2.24) is 20.2 Å². The van der Waals surface area contributed by atoms with Crippen LogP contribution in [-0.4, -0.2) is 26.1 Å². The molecule has 3 N–H and O–H groups in total. The lowest BCUT2D eigenvalue weighted by atomic mass is 10.1. The fraction of sp³-hybridized carbons (Fsp3) is 0. The fourth-order valence-electron chi connectivity index (χ4n) is 2.70. The molecule has 0 fully saturated rings. The van der Waals surface area contributed by atoms with E-state index in [-0.39, 0.29) is 11.5 Å². The van der Waals surface area contributed by atoms with Gasteiger partial charge in [0, 0.05) is 11.3 Å². The Kier molecular flexibility index (Phi) is 4.74. The summed E-state index contributed by atoms with van der Waals surface area (Å²) in [5.74, 6) is -0.147. The van der Waals surface area contributed by atoms with E-state index < -0.39 is 11.5 Å². The molecule has 0 spiro atoms. The number of aromatic amines is 2. The van der Waals surface area contributed by atoms with Crippen LogP contribution in [0.5, 0.6) is 0 Å². The van der Waals surface area contributed by atoms with Gasteiger partial charge in [-0.25, -0.2) is 0 Å². The molecule has 2 aromatic heterocycles. The van der Waals surface area contributed by atoms with E-state index >= 15 is 0 Å². The Labute approximate surface area is 164 Å². The zero-order valence-corrected chi connectivity index (χ0v) is 15.2. The van der Waals surface area contributed by atoms with E-state index in [2.05, 4.69) is 25.5 Å². The van der Waals surface area contributed by atoms with E-state index in [9.17, 15) is 9.59 Å². The molecular formula is C20H14ClN5O2. The van der Waals surface area contributed by atoms with Gasteiger partial charge in [0.1, 0.15) is 5.56 Å². The molecule has 1 amide bonds. The second-order valence-electron chi connectivity index (χ2n) is 5.92. The molecular weight excluding hydrogens is 378 g/mol. The van der Waals surface area contributed by atoms with Crippen LogP contribution < -0.4 is 10.9 Å². The van der Waals surface area contributed by atoms with Gasteiger partial charge in [-0.1, -0.05) is 54.1 Å². The number of amides is 1. The lowest BCUT2D eigenvalue weighted by molar-refractivity contribution is 0.102. The van der Waals surface area contributed by atoms with Crippen molar-refractivity contribution < 1.29 is 4.79 Å². The summed E-state index contributed by atoms with van der Waals surface area (Å²) >= 11 is 6.14. The van der Waals surface area contributed by atoms with Gasteiger partial charge in [-0.2, -0.15) is 4.98 Å². The van der Waals surface area contributed by atoms with Gasteiger partial charge in [-0.3, -0.25) is 20.0 Å². The molecule has 4 aromatic rings. The molecule has 0 saturated heterocycles. The third-order valence-corrected chi connectivity index (χ3v) is 4.41. The molecule has 2 aromatic carbocycles. The van der Waals surface area contributed by atoms with Crippen molar-refractivity contribution in [1.29, 1.82) is 0 Å². The molecule has 0 aliphatic carbocycles. The number of carbonyl (C=O) groups is 1. The molecule has 0 bridgehead atoms. The summed E-state index contributed by atoms with van der Waals surface area (Å²) in [6.07, 6.45) is 0. The summed E-state index contributed by atoms with van der Waals surface area (Å²) in [7, 11) is 0. The highest BCUT2D eigenvalue weighted by atomic mass is 35.5. The topological polar surface area (TPSA) is 104 Å². The SMILES string of the molecule is O=C(Nc1n[nH]c(-c2ccccc2Cl)n1)c1ccc(-c2ccccc2)[nH]c1=O. The van der Waals surface area contributed by atoms with Crippen molar-refractivity contribution in [3.8, 4) is 22.6 Å². The van der Waals surface area contributed by atoms with Crippen LogP contribution in [0.25, 0.3) is 22.6 Å². The van der Waals surface area contributed by atoms with Gasteiger partial charge in [-0.05, 0) is 29.8 Å². The van der Waals surface area contributed by atoms with Gasteiger partial charge in [0.15, 0.2) is 5.82 Å². The van der Waals surface area contributed by atoms with Crippen LogP contribution in [0.4, 0.5) is 5.95 Å². The minimum atomic E-state index is -0.606. The first-order valence-corrected chi connectivity index (χ1v) is 8.77. The Balaban J connectivity index is 1.55. The van der Waals surface area contributed by atoms with Crippen molar-refractivity contribution in [3.05, 3.63) is 87.7 Å². The molecule has 0 saturated carbocycles. The largest absolute Gasteiger partial charge is 0.321 e. The highest BCUT2D eigenvalue weighted by Gasteiger charge is 2.15. The van der Waals surface area contributed by atoms with Gasteiger partial charge in [0.05, 0.1) is 5.02 Å². The summed E-state index contributed by atoms with van der Waals surface area (Å²) in [5.41, 5.74) is 1.60. The van der Waals surface area contributed by atoms with E-state index in [1.807, 2.05) is 36.4 Å². The second kappa shape index (κ2) is 7.50. The van der Waals surface area contributed by atoms with E-state index in [4.69, 9.17) is 11.6 Å². The van der Waals surface area contributed by atoms with Crippen LogP contribution in [0.3, 0.4) is 0 Å². The van der Waals surface area contributed by atoms with Gasteiger partial charge in [0.2, 0.25) is 5.95 Å². The Morgan fingerprint density at radius 1 is 0.964 bits per heavy atom. The molecule has 2 heterocycles. The minimum Gasteiger partial charge on any atom is -0.321 e. The van der Waals surface area contributed by atoms with Crippen LogP contribution in [0.1, 0.15) is 10.4 Å². The number of benzene rings is 2. The maximum atomic E-state index is 12.4. The van der Waals surface area contributed by atoms with Crippen LogP contribution in [0.15, 0.2) is 71.5 Å². The highest BCUT2D eigenvalue weighted by molar-refractivity contribution is 6.33. The summed E-state index contributed by atoms with van der Waals surface area (Å²) < 4.78 is 0. The van der Waals surface area contributed by atoms with E-state index in [1.54, 1.807) is 24.3 Å². The van der Waals surface area contributed by atoms with Crippen molar-refractivity contribution in [2.45, 2.75) is 0 Å². The number of rotatable bonds is 4. The maximum absolute atomic E-state index is 12.4. The number of aromatic nitrogens is 4. The number of carbonyl (C=O) groups excluding carboxylic acids is 1. The zero-order chi connectivity index (χ0) is 19.5. The van der Waals surface area contributed by atoms with Gasteiger partial charge >= 0.3 is 0 Å². The van der Waals surface area contributed by atoms with Crippen LogP contribution in [-0.2, 0) is 0 Å². The lowest BCUT2D eigenvalue weighted by Crippen LogP contribution is -2.23. The first-order valence-electron chi connectivity index (χ1n) is 8.39. The first kappa shape index (κ1) is 17.7. The third-order valence-electron chi connectivity index (χ3n) is 4.08. The minimum absolute atomic E-state index is 0.0382. The molecule has 0 aliphatic rings. The van der Waals surface area contributed by atoms with Crippen molar-refractivity contribution in [3.63, 3.8) is 0 Å². The average Bonchev–Trinajstić information content (AvgIpc) is 3.17. The quantitative estimate of drug-likeness (QED) is 0.493. The van der Waals surface area contributed by atoms with Crippen molar-refractivity contribution in [2.24, 2.45) is 0 Å². The third kappa shape index (κ3) is 3.56. The maximum Gasteiger partial charge on any atom is 0.263 e. The smallest absolute Gasteiger partial charge is 0.263 e. The number of pyridine rings is 1. The number of halogens is 1. The number of hydrogen-bond donors (Lipinski definition) is 3. The predicted molar refractivity (Wildman–Crippen MR) is 107 cm³/mol. The Bertz CT molecular complexity index is 1200. The first-order chi connectivity index (χ1) is 13.6. The van der Waals surface area contributed by atoms with Gasteiger partial charge in [-0.15, -0.1) is 5.10 Å². The summed E-state index contributed by atoms with van der Waals surface area (Å²) in [6, 6.07) is 19.6. The Morgan fingerprint density at radius 2 is 1.71 bits per heavy atom. The molecule has 7 nitrogen and oxygen atoms in total. The molecule has 4 rings (SSSR count). The Hall–Kier alpha value is -3.71. The van der Waals surface area contributed by atoms with Crippen LogP contribution in [0, 0.1) is 0 Å². The second-order valence-corrected chi connectivity index (χ2v) is 6.33. The summed E-state index contributed by atoms with van der Waals surface area (Å²) in [4.78, 5) is 31.7. The van der Waals surface area contributed by atoms with Crippen LogP contribution in [0.2, 0.25) is 5.02 Å². The normalized spacial score (nSPS) is 10.6. The predicted octanol–water partition coefficient (Wildman–Crippen LogP) is 3.73. The molecule has 0 atom stereocenters. The number of hydrogen-bond acceptors (Lipinski definition) is 4. The van der Waals surface area contributed by atoms with E-state index in [0.29, 0.717) is 22.1 Å². The van der Waals surface area contributed by atoms with Crippen molar-refractivity contribution >= 4 is 23.5 Å². The fourth-order valence-corrected chi connectivity index (χ4v) is 2.92. The summed E-state index contributed by atoms with van der Waals surface area (Å²) in [6.45, 7) is 0. The van der Waals surface area contributed by atoms with Gasteiger partial charge in [0.25, 0.3) is 11.5 Å². The molecule has 138 valence electrons. The number of nitrogens with one attached hydrogen (secondary N) is 3. The molecule has 28 heavy (non-hydrogen) atoms. The molecule has 8 heteroatoms. The summed E-state index contributed by atoms with van der Waals surface area (Å²) in [5, 5.41) is 9.69. The monoisotopic (exact) mass is 391 g/mol. The zero-order valence-electron chi connectivity index (χ0n) is 14.4. The average molecular weight is 392 g/mol. The van der Waals surface area contributed by atoms with E-state index in [1.165, 1.54) is 6.07 Å². The molecule has 0 aliphatic heterocycles. The Morgan fingerprint density at radius 3 is 2.46 bits per heavy atom. The number of nitrogens with zero attached hydrogens (tertiary/aromatic N) is 2. The number of anilines is 1. The lowest BCUT2D eigenvalue weighted by Gasteiger charge is -2.04. The molecule has 0 radical (unpaired) electrons. The standard InChI is InChI=1S/C20H14ClN5O2/c21-15-9-5-4-8-13(15)17-23-20(26-25-17)24-19(28)14-10-11-16(22-18(14)27)12-6-2-1-3-7-12/h1-11H,(H,22,27)(H2,23,24,25,26,28). The molecule has 0 unspecified atom stereocenters. The van der Waals surface area contributed by atoms with E-state index in [0.717, 1.165) is 5.56 Å².